The van der Waals surface area contributed by atoms with Crippen molar-refractivity contribution in [1.82, 2.24) is 4.98 Å². The maximum atomic E-state index is 13.3. The van der Waals surface area contributed by atoms with E-state index in [1.807, 2.05) is 24.1 Å². The number of rotatable bonds is 4. The summed E-state index contributed by atoms with van der Waals surface area (Å²) in [6.07, 6.45) is 1.69. The van der Waals surface area contributed by atoms with E-state index < -0.39 is 10.0 Å². The summed E-state index contributed by atoms with van der Waals surface area (Å²) in [6.45, 7) is 1.14. The molecule has 0 saturated carbocycles. The monoisotopic (exact) mass is 422 g/mol. The third-order valence-electron chi connectivity index (χ3n) is 5.18. The fourth-order valence-electron chi connectivity index (χ4n) is 3.46. The van der Waals surface area contributed by atoms with E-state index in [4.69, 9.17) is 0 Å². The molecule has 2 heterocycles. The van der Waals surface area contributed by atoms with Crippen LogP contribution in [0.25, 0.3) is 0 Å². The summed E-state index contributed by atoms with van der Waals surface area (Å²) in [4.78, 5) is 21.3. The molecule has 0 N–H and O–H groups in total. The molecule has 0 bridgehead atoms. The van der Waals surface area contributed by atoms with Gasteiger partial charge in [0.2, 0.25) is 0 Å². The van der Waals surface area contributed by atoms with Crippen LogP contribution < -0.4 is 14.1 Å². The lowest BCUT2D eigenvalue weighted by molar-refractivity contribution is 0.0986. The highest BCUT2D eigenvalue weighted by molar-refractivity contribution is 7.92. The number of carbonyl (C=O) groups is 1. The van der Waals surface area contributed by atoms with Crippen molar-refractivity contribution in [1.29, 1.82) is 0 Å². The molecule has 0 fully saturated rings. The Balaban J connectivity index is 1.67. The van der Waals surface area contributed by atoms with Gasteiger partial charge in [-0.25, -0.2) is 13.4 Å². The van der Waals surface area contributed by atoms with Gasteiger partial charge in [0.15, 0.2) is 5.82 Å². The van der Waals surface area contributed by atoms with E-state index in [0.717, 1.165) is 5.82 Å². The van der Waals surface area contributed by atoms with Crippen LogP contribution in [0, 0.1) is 0 Å². The third kappa shape index (κ3) is 3.50. The quantitative estimate of drug-likeness (QED) is 0.646. The molecule has 0 aliphatic carbocycles. The first-order valence-electron chi connectivity index (χ1n) is 9.51. The smallest absolute Gasteiger partial charge is 0.264 e. The van der Waals surface area contributed by atoms with Crippen LogP contribution in [0.15, 0.2) is 77.8 Å². The Kier molecular flexibility index (Phi) is 5.17. The van der Waals surface area contributed by atoms with Crippen LogP contribution >= 0.6 is 0 Å². The maximum absolute atomic E-state index is 13.3. The van der Waals surface area contributed by atoms with Crippen molar-refractivity contribution < 1.29 is 13.2 Å². The number of benzene rings is 2. The largest absolute Gasteiger partial charge is 0.356 e. The van der Waals surface area contributed by atoms with Crippen LogP contribution in [0.3, 0.4) is 0 Å². The average molecular weight is 423 g/mol. The highest BCUT2D eigenvalue weighted by atomic mass is 32.2. The van der Waals surface area contributed by atoms with E-state index in [1.165, 1.54) is 23.5 Å². The fourth-order valence-corrected chi connectivity index (χ4v) is 4.70. The summed E-state index contributed by atoms with van der Waals surface area (Å²) in [6, 6.07) is 18.6. The van der Waals surface area contributed by atoms with E-state index >= 15 is 0 Å². The molecule has 0 radical (unpaired) electrons. The number of carbonyl (C=O) groups excluding carboxylic acids is 1. The first-order valence-corrected chi connectivity index (χ1v) is 11.0. The minimum absolute atomic E-state index is 0.0697. The first-order chi connectivity index (χ1) is 14.4. The van der Waals surface area contributed by atoms with Crippen LogP contribution in [0.5, 0.6) is 0 Å². The van der Waals surface area contributed by atoms with Crippen LogP contribution in [-0.4, -0.2) is 46.5 Å². The SMILES string of the molecule is CN1CCN(C(=O)c2cccc(S(=O)(=O)N(C)c3ccccc3)c2)c2cccnc21. The van der Waals surface area contributed by atoms with Gasteiger partial charge in [-0.2, -0.15) is 0 Å². The van der Waals surface area contributed by atoms with Gasteiger partial charge >= 0.3 is 0 Å². The minimum atomic E-state index is -3.81. The summed E-state index contributed by atoms with van der Waals surface area (Å²) in [5.74, 6) is 0.474. The van der Waals surface area contributed by atoms with E-state index in [9.17, 15) is 13.2 Å². The number of likely N-dealkylation sites (N-methyl/N-ethyl adjacent to an activating group) is 1. The number of hydrogen-bond donors (Lipinski definition) is 0. The standard InChI is InChI=1S/C22H22N4O3S/c1-24-14-15-26(20-12-7-13-23-21(20)24)22(27)17-8-6-11-19(16-17)30(28,29)25(2)18-9-4-3-5-10-18/h3-13,16H,14-15H2,1-2H3. The molecule has 7 nitrogen and oxygen atoms in total. The molecule has 1 amide bonds. The number of sulfonamides is 1. The van der Waals surface area contributed by atoms with Gasteiger partial charge in [0.25, 0.3) is 15.9 Å². The lowest BCUT2D eigenvalue weighted by Crippen LogP contribution is -2.43. The number of para-hydroxylation sites is 1. The van der Waals surface area contributed by atoms with Gasteiger partial charge < -0.3 is 9.80 Å². The first kappa shape index (κ1) is 19.9. The van der Waals surface area contributed by atoms with Gasteiger partial charge in [-0.05, 0) is 42.5 Å². The Bertz CT molecular complexity index is 1180. The molecule has 8 heteroatoms. The van der Waals surface area contributed by atoms with Crippen molar-refractivity contribution in [3.63, 3.8) is 0 Å². The van der Waals surface area contributed by atoms with Crippen LogP contribution in [-0.2, 0) is 10.0 Å². The summed E-state index contributed by atoms with van der Waals surface area (Å²) < 4.78 is 27.4. The number of nitrogens with zero attached hydrogens (tertiary/aromatic N) is 4. The lowest BCUT2D eigenvalue weighted by Gasteiger charge is -2.34. The molecule has 0 atom stereocenters. The van der Waals surface area contributed by atoms with Crippen molar-refractivity contribution in [2.45, 2.75) is 4.90 Å². The molecule has 1 aliphatic rings. The number of anilines is 3. The van der Waals surface area contributed by atoms with Crippen molar-refractivity contribution in [3.05, 3.63) is 78.5 Å². The molecule has 1 aromatic heterocycles. The van der Waals surface area contributed by atoms with E-state index in [0.29, 0.717) is 30.0 Å². The number of amides is 1. The number of hydrogen-bond acceptors (Lipinski definition) is 5. The lowest BCUT2D eigenvalue weighted by atomic mass is 10.1. The predicted molar refractivity (Wildman–Crippen MR) is 118 cm³/mol. The Morgan fingerprint density at radius 1 is 1.00 bits per heavy atom. The highest BCUT2D eigenvalue weighted by Gasteiger charge is 2.28. The molecule has 4 rings (SSSR count). The van der Waals surface area contributed by atoms with Crippen LogP contribution in [0.2, 0.25) is 0 Å². The van der Waals surface area contributed by atoms with Crippen LogP contribution in [0.4, 0.5) is 17.2 Å². The van der Waals surface area contributed by atoms with E-state index in [2.05, 4.69) is 4.98 Å². The normalized spacial score (nSPS) is 13.7. The third-order valence-corrected chi connectivity index (χ3v) is 6.96. The number of aromatic nitrogens is 1. The molecule has 154 valence electrons. The van der Waals surface area contributed by atoms with Crippen molar-refractivity contribution in [2.24, 2.45) is 0 Å². The Labute approximate surface area is 176 Å². The van der Waals surface area contributed by atoms with E-state index in [1.54, 1.807) is 53.6 Å². The molecule has 0 unspecified atom stereocenters. The molecular formula is C22H22N4O3S. The second-order valence-corrected chi connectivity index (χ2v) is 9.03. The van der Waals surface area contributed by atoms with Gasteiger partial charge in [-0.15, -0.1) is 0 Å². The molecule has 3 aromatic rings. The zero-order chi connectivity index (χ0) is 21.3. The highest BCUT2D eigenvalue weighted by Crippen LogP contribution is 2.31. The van der Waals surface area contributed by atoms with Gasteiger partial charge in [-0.1, -0.05) is 24.3 Å². The van der Waals surface area contributed by atoms with Crippen LogP contribution in [0.1, 0.15) is 10.4 Å². The molecule has 2 aromatic carbocycles. The number of pyridine rings is 1. The molecule has 30 heavy (non-hydrogen) atoms. The van der Waals surface area contributed by atoms with Crippen molar-refractivity contribution >= 4 is 33.1 Å². The summed E-state index contributed by atoms with van der Waals surface area (Å²) >= 11 is 0. The predicted octanol–water partition coefficient (Wildman–Crippen LogP) is 3.00. The molecular weight excluding hydrogens is 400 g/mol. The number of fused-ring (bicyclic) bond motifs is 1. The summed E-state index contributed by atoms with van der Waals surface area (Å²) in [5.41, 5.74) is 1.58. The van der Waals surface area contributed by atoms with Gasteiger partial charge in [0.1, 0.15) is 0 Å². The maximum Gasteiger partial charge on any atom is 0.264 e. The van der Waals surface area contributed by atoms with Crippen molar-refractivity contribution in [2.75, 3.05) is 41.3 Å². The van der Waals surface area contributed by atoms with Gasteiger partial charge in [-0.3, -0.25) is 9.10 Å². The average Bonchev–Trinajstić information content (AvgIpc) is 2.79. The van der Waals surface area contributed by atoms with Gasteiger partial charge in [0.05, 0.1) is 16.3 Å². The summed E-state index contributed by atoms with van der Waals surface area (Å²) in [7, 11) is -0.374. The van der Waals surface area contributed by atoms with Gasteiger partial charge in [0, 0.05) is 38.9 Å². The second-order valence-electron chi connectivity index (χ2n) is 7.06. The fraction of sp³-hybridized carbons (Fsp3) is 0.182. The summed E-state index contributed by atoms with van der Waals surface area (Å²) in [5, 5.41) is 0. The molecule has 1 aliphatic heterocycles. The zero-order valence-electron chi connectivity index (χ0n) is 16.8. The second kappa shape index (κ2) is 7.79. The molecule has 0 spiro atoms. The Morgan fingerprint density at radius 2 is 1.77 bits per heavy atom. The Hall–Kier alpha value is -3.39. The topological polar surface area (TPSA) is 73.8 Å². The minimum Gasteiger partial charge on any atom is -0.356 e. The van der Waals surface area contributed by atoms with Crippen molar-refractivity contribution in [3.8, 4) is 0 Å². The molecule has 0 saturated heterocycles. The Morgan fingerprint density at radius 3 is 2.53 bits per heavy atom. The zero-order valence-corrected chi connectivity index (χ0v) is 17.6. The van der Waals surface area contributed by atoms with E-state index in [-0.39, 0.29) is 10.8 Å².